The maximum absolute atomic E-state index is 13.9. The Morgan fingerprint density at radius 1 is 0.609 bits per heavy atom. The average molecular weight is 971 g/mol. The van der Waals surface area contributed by atoms with E-state index in [9.17, 15) is 28.6 Å². The fourth-order valence-corrected chi connectivity index (χ4v) is 10.3. The van der Waals surface area contributed by atoms with Crippen LogP contribution in [0.2, 0.25) is 0 Å². The average Bonchev–Trinajstić information content (AvgIpc) is 3.84. The first kappa shape index (κ1) is 51.6. The van der Waals surface area contributed by atoms with Gasteiger partial charge in [0.05, 0.1) is 0 Å². The number of carbonyl (C=O) groups is 3. The van der Waals surface area contributed by atoms with E-state index in [0.717, 1.165) is 64.5 Å². The lowest BCUT2D eigenvalue weighted by Gasteiger charge is -2.17. The third-order valence-electron chi connectivity index (χ3n) is 11.4. The number of hydrogen-bond acceptors (Lipinski definition) is 11. The summed E-state index contributed by atoms with van der Waals surface area (Å²) in [6, 6.07) is 30.9. The van der Waals surface area contributed by atoms with E-state index in [-0.39, 0.29) is 34.7 Å². The van der Waals surface area contributed by atoms with E-state index < -0.39 is 0 Å². The Morgan fingerprint density at radius 2 is 0.971 bits per heavy atom. The molecule has 0 bridgehead atoms. The van der Waals surface area contributed by atoms with Gasteiger partial charge in [0, 0.05) is 37.8 Å². The van der Waals surface area contributed by atoms with Crippen LogP contribution in [0.1, 0.15) is 84.6 Å². The van der Waals surface area contributed by atoms with Crippen molar-refractivity contribution < 1.29 is 42.9 Å². The molecule has 2 aromatic heterocycles. The molecule has 4 N–H and O–H groups in total. The molecule has 8 aromatic rings. The summed E-state index contributed by atoms with van der Waals surface area (Å²) >= 11 is 2.52. The highest BCUT2D eigenvalue weighted by Gasteiger charge is 2.27. The fourth-order valence-electron chi connectivity index (χ4n) is 8.07. The summed E-state index contributed by atoms with van der Waals surface area (Å²) in [5.41, 5.74) is 11.2. The van der Waals surface area contributed by atoms with E-state index in [0.29, 0.717) is 72.7 Å². The van der Waals surface area contributed by atoms with Crippen molar-refractivity contribution in [1.29, 1.82) is 0 Å². The van der Waals surface area contributed by atoms with Crippen molar-refractivity contribution >= 4 is 60.7 Å². The van der Waals surface area contributed by atoms with Gasteiger partial charge in [-0.15, -0.1) is 22.7 Å². The van der Waals surface area contributed by atoms with Crippen LogP contribution in [-0.2, 0) is 17.6 Å². The summed E-state index contributed by atoms with van der Waals surface area (Å²) < 4.78 is 41.6. The second-order valence-electron chi connectivity index (χ2n) is 16.4. The molecule has 0 unspecified atom stereocenters. The Balaban J connectivity index is 0.000000216. The van der Waals surface area contributed by atoms with Gasteiger partial charge in [-0.05, 0) is 185 Å². The molecule has 0 radical (unpaired) electrons. The Morgan fingerprint density at radius 3 is 1.32 bits per heavy atom. The van der Waals surface area contributed by atoms with Gasteiger partial charge in [-0.1, -0.05) is 38.1 Å². The maximum Gasteiger partial charge on any atom is 0.207 e. The van der Waals surface area contributed by atoms with Crippen LogP contribution in [0.3, 0.4) is 0 Å². The minimum atomic E-state index is -0.373. The summed E-state index contributed by atoms with van der Waals surface area (Å²) in [6.07, 6.45) is 2.48. The third kappa shape index (κ3) is 12.5. The van der Waals surface area contributed by atoms with E-state index in [2.05, 4.69) is 30.9 Å². The molecule has 13 heteroatoms. The number of ether oxygens (including phenoxy) is 2. The minimum absolute atomic E-state index is 0.111. The predicted octanol–water partition coefficient (Wildman–Crippen LogP) is 13.4. The predicted molar refractivity (Wildman–Crippen MR) is 275 cm³/mol. The van der Waals surface area contributed by atoms with Crippen molar-refractivity contribution in [2.75, 3.05) is 26.2 Å². The number of rotatable bonds is 15. The monoisotopic (exact) mass is 970 g/mol. The lowest BCUT2D eigenvalue weighted by Crippen LogP contribution is -2.25. The van der Waals surface area contributed by atoms with Crippen molar-refractivity contribution in [2.45, 2.75) is 61.3 Å². The van der Waals surface area contributed by atoms with Gasteiger partial charge in [-0.25, -0.2) is 8.78 Å². The quantitative estimate of drug-likeness (QED) is 0.0677. The van der Waals surface area contributed by atoms with Crippen molar-refractivity contribution in [3.63, 3.8) is 0 Å². The van der Waals surface area contributed by atoms with Crippen molar-refractivity contribution in [3.8, 4) is 34.5 Å². The number of fused-ring (bicyclic) bond motifs is 2. The first-order chi connectivity index (χ1) is 33.1. The maximum atomic E-state index is 13.9. The SMILES string of the molecule is CC=O.CCN(CC)CCc1ccc(Oc2c(C(=O)c3c(C)cc(F)cc3C)sc3cc(O)ccc23)cc1.Cc1cc(F)cc(C)c1C(=O)c1sc2cc(O)ccc2c1Oc1ccc(CCN)cc1. The summed E-state index contributed by atoms with van der Waals surface area (Å²) in [5, 5.41) is 21.4. The summed E-state index contributed by atoms with van der Waals surface area (Å²) in [6.45, 7) is 16.3. The molecule has 0 fully saturated rings. The van der Waals surface area contributed by atoms with E-state index in [1.54, 1.807) is 64.1 Å². The van der Waals surface area contributed by atoms with Gasteiger partial charge >= 0.3 is 0 Å². The number of benzene rings is 6. The van der Waals surface area contributed by atoms with E-state index in [1.807, 2.05) is 36.4 Å². The highest BCUT2D eigenvalue weighted by molar-refractivity contribution is 7.22. The number of aldehydes is 1. The Hall–Kier alpha value is -6.77. The van der Waals surface area contributed by atoms with Gasteiger partial charge in [0.25, 0.3) is 0 Å². The number of phenols is 2. The van der Waals surface area contributed by atoms with Crippen LogP contribution in [0, 0.1) is 39.3 Å². The largest absolute Gasteiger partial charge is 0.508 e. The molecule has 358 valence electrons. The summed E-state index contributed by atoms with van der Waals surface area (Å²) in [5.74, 6) is 1.15. The fraction of sp³-hybridized carbons (Fsp3) is 0.232. The normalized spacial score (nSPS) is 10.9. The molecule has 0 aliphatic rings. The van der Waals surface area contributed by atoms with Crippen molar-refractivity contribution in [2.24, 2.45) is 5.73 Å². The van der Waals surface area contributed by atoms with E-state index in [1.165, 1.54) is 59.4 Å². The third-order valence-corrected chi connectivity index (χ3v) is 13.7. The minimum Gasteiger partial charge on any atom is -0.508 e. The van der Waals surface area contributed by atoms with Crippen LogP contribution in [-0.4, -0.2) is 59.1 Å². The van der Waals surface area contributed by atoms with Gasteiger partial charge in [0.2, 0.25) is 11.6 Å². The second kappa shape index (κ2) is 23.5. The molecule has 0 amide bonds. The van der Waals surface area contributed by atoms with Gasteiger partial charge in [-0.2, -0.15) is 0 Å². The first-order valence-electron chi connectivity index (χ1n) is 22.6. The number of hydrogen-bond donors (Lipinski definition) is 3. The number of nitrogens with two attached hydrogens (primary N) is 1. The number of aromatic hydroxyl groups is 2. The van der Waals surface area contributed by atoms with Gasteiger partial charge in [0.15, 0.2) is 11.5 Å². The highest BCUT2D eigenvalue weighted by Crippen LogP contribution is 2.45. The number of carbonyl (C=O) groups excluding carboxylic acids is 3. The molecule has 6 aromatic carbocycles. The molecule has 0 aliphatic carbocycles. The molecule has 0 atom stereocenters. The molecule has 0 spiro atoms. The van der Waals surface area contributed by atoms with Crippen LogP contribution >= 0.6 is 22.7 Å². The van der Waals surface area contributed by atoms with Crippen LogP contribution in [0.4, 0.5) is 8.78 Å². The standard InChI is InChI=1S/C29H30FNO3S.C25H22FNO3S.C2H4O/c1-5-31(6-2)14-13-20-7-10-23(11-8-20)34-28-24-12-9-22(32)17-25(24)35-29(28)27(33)26-18(3)15-21(30)16-19(26)4;1-14-11-17(26)12-15(2)22(14)23(29)25-24(20-8-5-18(28)13-21(20)31-25)30-19-6-3-16(4-7-19)9-10-27;1-2-3/h7-12,15-17,32H,5-6,13-14H2,1-4H3;3-8,11-13,28H,9-10,27H2,1-2H3;2H,1H3. The number of halogens is 2. The van der Waals surface area contributed by atoms with Crippen LogP contribution in [0.25, 0.3) is 20.2 Å². The number of thiophene rings is 2. The number of nitrogens with zero attached hydrogens (tertiary/aromatic N) is 1. The van der Waals surface area contributed by atoms with Gasteiger partial charge in [-0.3, -0.25) is 9.59 Å². The first-order valence-corrected chi connectivity index (χ1v) is 24.2. The Labute approximate surface area is 409 Å². The molecular formula is C56H56F2N2O7S2. The Bertz CT molecular complexity index is 3060. The molecule has 0 aliphatic heterocycles. The molecule has 69 heavy (non-hydrogen) atoms. The molecule has 0 saturated heterocycles. The zero-order chi connectivity index (χ0) is 49.9. The molecule has 0 saturated carbocycles. The number of phenolic OH excluding ortho intramolecular Hbond substituents is 2. The summed E-state index contributed by atoms with van der Waals surface area (Å²) in [7, 11) is 0. The molecule has 2 heterocycles. The lowest BCUT2D eigenvalue weighted by atomic mass is 9.97. The second-order valence-corrected chi connectivity index (χ2v) is 18.5. The number of ketones is 2. The van der Waals surface area contributed by atoms with E-state index >= 15 is 0 Å². The lowest BCUT2D eigenvalue weighted by molar-refractivity contribution is -0.106. The molecule has 9 nitrogen and oxygen atoms in total. The number of likely N-dealkylation sites (N-methyl/N-ethyl adjacent to an activating group) is 1. The van der Waals surface area contributed by atoms with Gasteiger partial charge in [0.1, 0.15) is 50.7 Å². The molecular weight excluding hydrogens is 915 g/mol. The smallest absolute Gasteiger partial charge is 0.207 e. The van der Waals surface area contributed by atoms with Crippen molar-refractivity contribution in [1.82, 2.24) is 4.90 Å². The Kier molecular flexibility index (Phi) is 17.6. The van der Waals surface area contributed by atoms with Gasteiger partial charge < -0.3 is 35.1 Å². The van der Waals surface area contributed by atoms with Crippen LogP contribution in [0.5, 0.6) is 34.5 Å². The molecule has 8 rings (SSSR count). The van der Waals surface area contributed by atoms with E-state index in [4.69, 9.17) is 20.0 Å². The summed E-state index contributed by atoms with van der Waals surface area (Å²) in [4.78, 5) is 39.2. The highest BCUT2D eigenvalue weighted by atomic mass is 32.1. The zero-order valence-electron chi connectivity index (χ0n) is 39.7. The van der Waals surface area contributed by atoms with Crippen molar-refractivity contribution in [3.05, 3.63) is 175 Å². The van der Waals surface area contributed by atoms with Crippen LogP contribution < -0.4 is 15.2 Å². The van der Waals surface area contributed by atoms with Crippen LogP contribution in [0.15, 0.2) is 109 Å². The zero-order valence-corrected chi connectivity index (χ0v) is 41.4. The topological polar surface area (TPSA) is 139 Å². The number of aryl methyl sites for hydroxylation is 4.